The van der Waals surface area contributed by atoms with E-state index in [2.05, 4.69) is 28.7 Å². The molecule has 1 atom stereocenters. The summed E-state index contributed by atoms with van der Waals surface area (Å²) in [5, 5.41) is 6.66. The Morgan fingerprint density at radius 1 is 1.11 bits per heavy atom. The summed E-state index contributed by atoms with van der Waals surface area (Å²) in [5.74, 6) is 1.89. The summed E-state index contributed by atoms with van der Waals surface area (Å²) in [7, 11) is 0. The third-order valence-electron chi connectivity index (χ3n) is 5.90. The van der Waals surface area contributed by atoms with Crippen LogP contribution in [0.25, 0.3) is 0 Å². The molecule has 0 saturated carbocycles. The smallest absolute Gasteiger partial charge is 0.247 e. The predicted molar refractivity (Wildman–Crippen MR) is 158 cm³/mol. The highest BCUT2D eigenvalue weighted by molar-refractivity contribution is 8.03. The van der Waals surface area contributed by atoms with Crippen molar-refractivity contribution in [2.24, 2.45) is 0 Å². The molecule has 1 aliphatic heterocycles. The number of benzene rings is 2. The monoisotopic (exact) mass is 558 g/mol. The fraction of sp³-hybridized carbons (Fsp3) is 0.357. The maximum atomic E-state index is 12.8. The van der Waals surface area contributed by atoms with Gasteiger partial charge in [-0.05, 0) is 41.5 Å². The number of carbonyl (C=O) groups excluding carboxylic acids is 2. The average molecular weight is 559 g/mol. The molecule has 0 aliphatic carbocycles. The van der Waals surface area contributed by atoms with Crippen LogP contribution >= 0.6 is 35.1 Å². The van der Waals surface area contributed by atoms with E-state index in [9.17, 15) is 9.59 Å². The van der Waals surface area contributed by atoms with E-state index in [-0.39, 0.29) is 24.3 Å². The first-order chi connectivity index (χ1) is 17.8. The molecule has 9 heteroatoms. The van der Waals surface area contributed by atoms with Gasteiger partial charge in [-0.3, -0.25) is 14.5 Å². The van der Waals surface area contributed by atoms with Gasteiger partial charge in [-0.2, -0.15) is 11.8 Å². The number of rotatable bonds is 13. The Balaban J connectivity index is 1.51. The number of amides is 2. The van der Waals surface area contributed by atoms with Crippen molar-refractivity contribution < 1.29 is 9.59 Å². The summed E-state index contributed by atoms with van der Waals surface area (Å²) in [6, 6.07) is 15.0. The summed E-state index contributed by atoms with van der Waals surface area (Å²) < 4.78 is 0. The number of nitrogens with zero attached hydrogens (tertiary/aromatic N) is 1. The molecule has 1 fully saturated rings. The predicted octanol–water partition coefficient (Wildman–Crippen LogP) is 4.76. The number of halogens is 1. The van der Waals surface area contributed by atoms with Gasteiger partial charge in [0.05, 0.1) is 6.04 Å². The first-order valence-corrected chi connectivity index (χ1v) is 14.6. The van der Waals surface area contributed by atoms with Crippen molar-refractivity contribution in [1.29, 1.82) is 0 Å². The number of carbonyl (C=O) groups is 2. The summed E-state index contributed by atoms with van der Waals surface area (Å²) in [4.78, 5) is 29.4. The highest BCUT2D eigenvalue weighted by Gasteiger charge is 2.18. The number of nitrogens with two attached hydrogens (primary N) is 1. The van der Waals surface area contributed by atoms with Gasteiger partial charge in [0.1, 0.15) is 0 Å². The standard InChI is InChI=1S/C28H35ClN4O2S2/c1-20(19-33-12-14-36-15-13-33)28(35)31-18-24(16-22-6-4-3-5-7-22)32-27(34)11-8-21(2)37-26-17-23(29)9-10-25(26)30/h3-7,9-10,17,24H,1-2,8,11-16,18-19,30H2,(H,31,35)(H,32,34). The van der Waals surface area contributed by atoms with Crippen molar-refractivity contribution in [2.75, 3.05) is 43.4 Å². The minimum atomic E-state index is -0.248. The lowest BCUT2D eigenvalue weighted by atomic mass is 10.1. The summed E-state index contributed by atoms with van der Waals surface area (Å²) in [6.45, 7) is 10.9. The van der Waals surface area contributed by atoms with E-state index in [1.54, 1.807) is 18.2 Å². The van der Waals surface area contributed by atoms with Crippen LogP contribution in [0.5, 0.6) is 0 Å². The molecule has 1 saturated heterocycles. The molecule has 198 valence electrons. The zero-order valence-electron chi connectivity index (χ0n) is 21.0. The molecule has 1 unspecified atom stereocenters. The van der Waals surface area contributed by atoms with E-state index in [4.69, 9.17) is 17.3 Å². The van der Waals surface area contributed by atoms with Crippen LogP contribution in [-0.2, 0) is 16.0 Å². The molecule has 0 aromatic heterocycles. The molecule has 2 aromatic carbocycles. The molecule has 6 nitrogen and oxygen atoms in total. The van der Waals surface area contributed by atoms with Gasteiger partial charge in [0.2, 0.25) is 11.8 Å². The number of nitrogen functional groups attached to an aromatic ring is 1. The normalized spacial score (nSPS) is 14.5. The zero-order chi connectivity index (χ0) is 26.6. The maximum absolute atomic E-state index is 12.8. The minimum absolute atomic E-state index is 0.0966. The number of hydrogen-bond donors (Lipinski definition) is 3. The van der Waals surface area contributed by atoms with Crippen molar-refractivity contribution in [3.63, 3.8) is 0 Å². The van der Waals surface area contributed by atoms with Crippen molar-refractivity contribution in [1.82, 2.24) is 15.5 Å². The topological polar surface area (TPSA) is 87.5 Å². The molecule has 2 amide bonds. The molecule has 0 spiro atoms. The van der Waals surface area contributed by atoms with E-state index in [0.717, 1.165) is 40.0 Å². The van der Waals surface area contributed by atoms with Gasteiger partial charge < -0.3 is 16.4 Å². The Labute approximate surface area is 233 Å². The molecule has 1 heterocycles. The molecule has 1 aliphatic rings. The van der Waals surface area contributed by atoms with Crippen LogP contribution < -0.4 is 16.4 Å². The number of hydrogen-bond acceptors (Lipinski definition) is 6. The largest absolute Gasteiger partial charge is 0.398 e. The van der Waals surface area contributed by atoms with E-state index in [1.165, 1.54) is 11.8 Å². The fourth-order valence-electron chi connectivity index (χ4n) is 3.87. The van der Waals surface area contributed by atoms with Gasteiger partial charge in [0, 0.05) is 65.3 Å². The third kappa shape index (κ3) is 10.5. The number of allylic oxidation sites excluding steroid dienone is 1. The van der Waals surface area contributed by atoms with Crippen LogP contribution in [0, 0.1) is 0 Å². The minimum Gasteiger partial charge on any atom is -0.398 e. The zero-order valence-corrected chi connectivity index (χ0v) is 23.4. The highest BCUT2D eigenvalue weighted by Crippen LogP contribution is 2.34. The Hall–Kier alpha value is -2.39. The lowest BCUT2D eigenvalue weighted by molar-refractivity contribution is -0.122. The van der Waals surface area contributed by atoms with Gasteiger partial charge >= 0.3 is 0 Å². The molecular formula is C28H35ClN4O2S2. The second-order valence-electron chi connectivity index (χ2n) is 8.98. The van der Waals surface area contributed by atoms with Gasteiger partial charge in [0.25, 0.3) is 0 Å². The Morgan fingerprint density at radius 3 is 2.57 bits per heavy atom. The lowest BCUT2D eigenvalue weighted by Gasteiger charge is -2.26. The van der Waals surface area contributed by atoms with Crippen molar-refractivity contribution in [3.8, 4) is 0 Å². The van der Waals surface area contributed by atoms with E-state index in [1.807, 2.05) is 42.1 Å². The van der Waals surface area contributed by atoms with Crippen molar-refractivity contribution in [3.05, 3.63) is 82.8 Å². The van der Waals surface area contributed by atoms with Crippen LogP contribution in [0.4, 0.5) is 5.69 Å². The molecule has 2 aromatic rings. The van der Waals surface area contributed by atoms with Crippen LogP contribution in [0.15, 0.2) is 77.1 Å². The quantitative estimate of drug-likeness (QED) is 0.187. The van der Waals surface area contributed by atoms with Crippen molar-refractivity contribution >= 4 is 52.6 Å². The SMILES string of the molecule is C=C(CCC(=O)NC(CNC(=O)C(=C)CN1CCSCC1)Cc1ccccc1)Sc1cc(Cl)ccc1N. The Morgan fingerprint density at radius 2 is 1.84 bits per heavy atom. The molecule has 0 radical (unpaired) electrons. The first kappa shape index (κ1) is 29.2. The van der Waals surface area contributed by atoms with E-state index < -0.39 is 0 Å². The van der Waals surface area contributed by atoms with Crippen LogP contribution in [0.2, 0.25) is 5.02 Å². The number of nitrogens with one attached hydrogen (secondary N) is 2. The molecular weight excluding hydrogens is 524 g/mol. The molecule has 4 N–H and O–H groups in total. The van der Waals surface area contributed by atoms with Crippen LogP contribution in [-0.4, -0.2) is 60.4 Å². The molecule has 0 bridgehead atoms. The van der Waals surface area contributed by atoms with E-state index in [0.29, 0.717) is 42.2 Å². The molecule has 37 heavy (non-hydrogen) atoms. The van der Waals surface area contributed by atoms with Gasteiger partial charge in [0.15, 0.2) is 0 Å². The van der Waals surface area contributed by atoms with Crippen LogP contribution in [0.3, 0.4) is 0 Å². The summed E-state index contributed by atoms with van der Waals surface area (Å²) in [6.07, 6.45) is 1.39. The van der Waals surface area contributed by atoms with E-state index >= 15 is 0 Å². The van der Waals surface area contributed by atoms with Gasteiger partial charge in [-0.15, -0.1) is 0 Å². The van der Waals surface area contributed by atoms with Crippen LogP contribution in [0.1, 0.15) is 18.4 Å². The molecule has 3 rings (SSSR count). The Kier molecular flexibility index (Phi) is 11.9. The third-order valence-corrected chi connectivity index (χ3v) is 8.14. The first-order valence-electron chi connectivity index (χ1n) is 12.3. The Bertz CT molecular complexity index is 1090. The second-order valence-corrected chi connectivity index (χ2v) is 11.9. The number of thioether (sulfide) groups is 2. The van der Waals surface area contributed by atoms with Gasteiger partial charge in [-0.1, -0.05) is 66.9 Å². The fourth-order valence-corrected chi connectivity index (χ4v) is 5.97. The average Bonchev–Trinajstić information content (AvgIpc) is 2.89. The van der Waals surface area contributed by atoms with Crippen molar-refractivity contribution in [2.45, 2.75) is 30.2 Å². The van der Waals surface area contributed by atoms with Gasteiger partial charge in [-0.25, -0.2) is 0 Å². The summed E-state index contributed by atoms with van der Waals surface area (Å²) >= 11 is 9.43. The maximum Gasteiger partial charge on any atom is 0.247 e. The number of anilines is 1. The second kappa shape index (κ2) is 15.1. The highest BCUT2D eigenvalue weighted by atomic mass is 35.5. The lowest BCUT2D eigenvalue weighted by Crippen LogP contribution is -2.46. The summed E-state index contributed by atoms with van der Waals surface area (Å²) in [5.41, 5.74) is 8.28.